The Morgan fingerprint density at radius 2 is 1.27 bits per heavy atom. The number of hydrogen-bond donors (Lipinski definition) is 0. The molecule has 0 radical (unpaired) electrons. The SMILES string of the molecule is O=C(N1CCOCC1)N1CCN(c2ccc(-c3ccccc3)cc2)CC1. The van der Waals surface area contributed by atoms with Crippen molar-refractivity contribution < 1.29 is 9.53 Å². The smallest absolute Gasteiger partial charge is 0.320 e. The molecule has 136 valence electrons. The summed E-state index contributed by atoms with van der Waals surface area (Å²) in [5, 5.41) is 0. The van der Waals surface area contributed by atoms with Crippen molar-refractivity contribution in [3.8, 4) is 11.1 Å². The van der Waals surface area contributed by atoms with E-state index in [2.05, 4.69) is 53.4 Å². The number of anilines is 1. The second-order valence-electron chi connectivity index (χ2n) is 6.77. The normalized spacial score (nSPS) is 18.1. The van der Waals surface area contributed by atoms with Gasteiger partial charge in [0, 0.05) is 45.0 Å². The van der Waals surface area contributed by atoms with E-state index < -0.39 is 0 Å². The standard InChI is InChI=1S/C21H25N3O2/c25-21(24-14-16-26-17-15-24)23-12-10-22(11-13-23)20-8-6-19(7-9-20)18-4-2-1-3-5-18/h1-9H,10-17H2. The Morgan fingerprint density at radius 3 is 1.92 bits per heavy atom. The van der Waals surface area contributed by atoms with Crippen LogP contribution in [0.25, 0.3) is 11.1 Å². The van der Waals surface area contributed by atoms with E-state index in [1.807, 2.05) is 15.9 Å². The van der Waals surface area contributed by atoms with Crippen LogP contribution in [-0.2, 0) is 4.74 Å². The number of morpholine rings is 1. The fraction of sp³-hybridized carbons (Fsp3) is 0.381. The molecule has 0 aromatic heterocycles. The van der Waals surface area contributed by atoms with Crippen LogP contribution in [0.5, 0.6) is 0 Å². The first kappa shape index (κ1) is 16.9. The number of carbonyl (C=O) groups is 1. The fourth-order valence-electron chi connectivity index (χ4n) is 3.61. The number of nitrogens with zero attached hydrogens (tertiary/aromatic N) is 3. The third-order valence-corrected chi connectivity index (χ3v) is 5.17. The Morgan fingerprint density at radius 1 is 0.692 bits per heavy atom. The molecule has 26 heavy (non-hydrogen) atoms. The van der Waals surface area contributed by atoms with Crippen LogP contribution in [0.15, 0.2) is 54.6 Å². The summed E-state index contributed by atoms with van der Waals surface area (Å²) < 4.78 is 5.33. The van der Waals surface area contributed by atoms with E-state index in [4.69, 9.17) is 4.74 Å². The number of urea groups is 1. The third kappa shape index (κ3) is 3.68. The molecule has 0 unspecified atom stereocenters. The van der Waals surface area contributed by atoms with Crippen molar-refractivity contribution in [3.63, 3.8) is 0 Å². The molecule has 2 aromatic carbocycles. The van der Waals surface area contributed by atoms with Crippen LogP contribution in [0.4, 0.5) is 10.5 Å². The first-order valence-electron chi connectivity index (χ1n) is 9.33. The molecule has 2 saturated heterocycles. The first-order chi connectivity index (χ1) is 12.8. The summed E-state index contributed by atoms with van der Waals surface area (Å²) in [7, 11) is 0. The van der Waals surface area contributed by atoms with E-state index in [1.165, 1.54) is 16.8 Å². The third-order valence-electron chi connectivity index (χ3n) is 5.17. The average molecular weight is 351 g/mol. The van der Waals surface area contributed by atoms with Crippen molar-refractivity contribution in [3.05, 3.63) is 54.6 Å². The van der Waals surface area contributed by atoms with Crippen molar-refractivity contribution in [2.75, 3.05) is 57.4 Å². The second-order valence-corrected chi connectivity index (χ2v) is 6.77. The van der Waals surface area contributed by atoms with Crippen LogP contribution in [-0.4, -0.2) is 68.3 Å². The van der Waals surface area contributed by atoms with Crippen molar-refractivity contribution in [2.24, 2.45) is 0 Å². The molecule has 0 atom stereocenters. The van der Waals surface area contributed by atoms with Gasteiger partial charge in [-0.2, -0.15) is 0 Å². The predicted molar refractivity (Wildman–Crippen MR) is 103 cm³/mol. The highest BCUT2D eigenvalue weighted by molar-refractivity contribution is 5.75. The van der Waals surface area contributed by atoms with E-state index >= 15 is 0 Å². The molecule has 0 spiro atoms. The summed E-state index contributed by atoms with van der Waals surface area (Å²) in [5.74, 6) is 0. The maximum Gasteiger partial charge on any atom is 0.320 e. The van der Waals surface area contributed by atoms with E-state index in [9.17, 15) is 4.79 Å². The Hall–Kier alpha value is -2.53. The number of benzene rings is 2. The van der Waals surface area contributed by atoms with Gasteiger partial charge in [-0.05, 0) is 23.3 Å². The Labute approximate surface area is 154 Å². The molecule has 0 aliphatic carbocycles. The largest absolute Gasteiger partial charge is 0.378 e. The van der Waals surface area contributed by atoms with Gasteiger partial charge >= 0.3 is 6.03 Å². The van der Waals surface area contributed by atoms with Crippen molar-refractivity contribution >= 4 is 11.7 Å². The lowest BCUT2D eigenvalue weighted by atomic mass is 10.1. The summed E-state index contributed by atoms with van der Waals surface area (Å²) >= 11 is 0. The molecule has 2 aromatic rings. The maximum absolute atomic E-state index is 12.6. The first-order valence-corrected chi connectivity index (χ1v) is 9.33. The monoisotopic (exact) mass is 351 g/mol. The van der Waals surface area contributed by atoms with Crippen LogP contribution in [0, 0.1) is 0 Å². The molecular weight excluding hydrogens is 326 g/mol. The minimum atomic E-state index is 0.160. The zero-order valence-corrected chi connectivity index (χ0v) is 15.0. The van der Waals surface area contributed by atoms with Gasteiger partial charge in [-0.25, -0.2) is 4.79 Å². The number of carbonyl (C=O) groups excluding carboxylic acids is 1. The minimum Gasteiger partial charge on any atom is -0.378 e. The zero-order valence-electron chi connectivity index (χ0n) is 15.0. The molecule has 2 aliphatic heterocycles. The van der Waals surface area contributed by atoms with Crippen LogP contribution < -0.4 is 4.90 Å². The summed E-state index contributed by atoms with van der Waals surface area (Å²) in [5.41, 5.74) is 3.69. The van der Waals surface area contributed by atoms with Crippen LogP contribution in [0.1, 0.15) is 0 Å². The molecule has 0 saturated carbocycles. The highest BCUT2D eigenvalue weighted by Gasteiger charge is 2.26. The van der Waals surface area contributed by atoms with Gasteiger partial charge in [-0.15, -0.1) is 0 Å². The predicted octanol–water partition coefficient (Wildman–Crippen LogP) is 2.93. The van der Waals surface area contributed by atoms with Crippen LogP contribution >= 0.6 is 0 Å². The maximum atomic E-state index is 12.6. The van der Waals surface area contributed by atoms with Gasteiger partial charge in [0.2, 0.25) is 0 Å². The molecule has 2 heterocycles. The summed E-state index contributed by atoms with van der Waals surface area (Å²) in [6.07, 6.45) is 0. The van der Waals surface area contributed by atoms with Crippen molar-refractivity contribution in [2.45, 2.75) is 0 Å². The molecule has 0 N–H and O–H groups in total. The van der Waals surface area contributed by atoms with Gasteiger partial charge in [0.25, 0.3) is 0 Å². The Balaban J connectivity index is 1.35. The molecule has 2 amide bonds. The number of piperazine rings is 1. The molecule has 2 fully saturated rings. The molecule has 2 aliphatic rings. The van der Waals surface area contributed by atoms with Gasteiger partial charge in [0.05, 0.1) is 13.2 Å². The number of ether oxygens (including phenoxy) is 1. The van der Waals surface area contributed by atoms with Crippen molar-refractivity contribution in [1.29, 1.82) is 0 Å². The summed E-state index contributed by atoms with van der Waals surface area (Å²) in [6, 6.07) is 19.3. The van der Waals surface area contributed by atoms with E-state index in [-0.39, 0.29) is 6.03 Å². The van der Waals surface area contributed by atoms with Gasteiger partial charge in [0.15, 0.2) is 0 Å². The van der Waals surface area contributed by atoms with Crippen LogP contribution in [0.2, 0.25) is 0 Å². The number of rotatable bonds is 2. The minimum absolute atomic E-state index is 0.160. The zero-order chi connectivity index (χ0) is 17.8. The lowest BCUT2D eigenvalue weighted by molar-refractivity contribution is 0.0428. The lowest BCUT2D eigenvalue weighted by Crippen LogP contribution is -2.54. The van der Waals surface area contributed by atoms with Crippen molar-refractivity contribution in [1.82, 2.24) is 9.80 Å². The molecule has 0 bridgehead atoms. The van der Waals surface area contributed by atoms with Gasteiger partial charge in [-0.1, -0.05) is 42.5 Å². The van der Waals surface area contributed by atoms with E-state index in [1.54, 1.807) is 0 Å². The van der Waals surface area contributed by atoms with Gasteiger partial charge in [-0.3, -0.25) is 0 Å². The second kappa shape index (κ2) is 7.79. The summed E-state index contributed by atoms with van der Waals surface area (Å²) in [6.45, 7) is 6.02. The van der Waals surface area contributed by atoms with Gasteiger partial charge in [0.1, 0.15) is 0 Å². The lowest BCUT2D eigenvalue weighted by Gasteiger charge is -2.39. The average Bonchev–Trinajstić information content (AvgIpc) is 2.75. The van der Waals surface area contributed by atoms with E-state index in [0.717, 1.165) is 26.2 Å². The van der Waals surface area contributed by atoms with Crippen LogP contribution in [0.3, 0.4) is 0 Å². The number of hydrogen-bond acceptors (Lipinski definition) is 3. The molecule has 4 rings (SSSR count). The molecule has 5 nitrogen and oxygen atoms in total. The molecular formula is C21H25N3O2. The highest BCUT2D eigenvalue weighted by Crippen LogP contribution is 2.24. The van der Waals surface area contributed by atoms with E-state index in [0.29, 0.717) is 26.3 Å². The Kier molecular flexibility index (Phi) is 5.07. The number of amides is 2. The quantitative estimate of drug-likeness (QED) is 0.835. The highest BCUT2D eigenvalue weighted by atomic mass is 16.5. The Bertz CT molecular complexity index is 719. The molecule has 5 heteroatoms. The summed E-state index contributed by atoms with van der Waals surface area (Å²) in [4.78, 5) is 18.8. The fourth-order valence-corrected chi connectivity index (χ4v) is 3.61. The van der Waals surface area contributed by atoms with Gasteiger partial charge < -0.3 is 19.4 Å². The topological polar surface area (TPSA) is 36.0 Å².